The molecule has 198 valence electrons. The van der Waals surface area contributed by atoms with Gasteiger partial charge in [-0.25, -0.2) is 0 Å². The highest BCUT2D eigenvalue weighted by Crippen LogP contribution is 2.47. The van der Waals surface area contributed by atoms with Crippen LogP contribution in [0.4, 0.5) is 0 Å². The smallest absolute Gasteiger partial charge is 0.252 e. The molecule has 1 N–H and O–H groups in total. The van der Waals surface area contributed by atoms with E-state index >= 15 is 0 Å². The highest BCUT2D eigenvalue weighted by atomic mass is 35.5. The molecule has 0 fully saturated rings. The fraction of sp³-hybridized carbons (Fsp3) is 0.267. The largest absolute Gasteiger partial charge is 0.493 e. The van der Waals surface area contributed by atoms with E-state index in [1.807, 2.05) is 51.1 Å². The Morgan fingerprint density at radius 3 is 2.08 bits per heavy atom. The van der Waals surface area contributed by atoms with Crippen LogP contribution in [-0.2, 0) is 4.79 Å². The number of fused-ring (bicyclic) bond motifs is 1. The molecule has 3 aromatic carbocycles. The van der Waals surface area contributed by atoms with E-state index in [0.717, 1.165) is 5.56 Å². The van der Waals surface area contributed by atoms with Gasteiger partial charge in [-0.05, 0) is 44.0 Å². The number of hydrogen-bond acceptors (Lipinski definition) is 5. The number of methoxy groups -OCH3 is 3. The number of hydrogen-bond donors (Lipinski definition) is 1. The number of aromatic nitrogens is 1. The molecule has 1 aromatic heterocycles. The number of ether oxygens (including phenoxy) is 3. The summed E-state index contributed by atoms with van der Waals surface area (Å²) in [6, 6.07) is 18.6. The number of halogens is 1. The molecular formula is C30H31ClN2O5. The first-order valence-corrected chi connectivity index (χ1v) is 12.5. The van der Waals surface area contributed by atoms with Gasteiger partial charge in [-0.1, -0.05) is 54.1 Å². The molecule has 7 nitrogen and oxygen atoms in total. The van der Waals surface area contributed by atoms with E-state index in [-0.39, 0.29) is 11.5 Å². The Morgan fingerprint density at radius 2 is 1.53 bits per heavy atom. The van der Waals surface area contributed by atoms with Crippen molar-refractivity contribution in [2.45, 2.75) is 32.4 Å². The summed E-state index contributed by atoms with van der Waals surface area (Å²) >= 11 is 6.16. The molecule has 0 bridgehead atoms. The second-order valence-electron chi connectivity index (χ2n) is 9.87. The van der Waals surface area contributed by atoms with E-state index in [9.17, 15) is 9.59 Å². The first-order chi connectivity index (χ1) is 18.1. The number of amides is 1. The Bertz CT molecular complexity index is 1520. The Morgan fingerprint density at radius 1 is 0.895 bits per heavy atom. The molecule has 38 heavy (non-hydrogen) atoms. The highest BCUT2D eigenvalue weighted by Gasteiger charge is 2.31. The zero-order valence-corrected chi connectivity index (χ0v) is 23.1. The summed E-state index contributed by atoms with van der Waals surface area (Å²) in [6.45, 7) is 5.67. The Balaban J connectivity index is 2.17. The van der Waals surface area contributed by atoms with Crippen LogP contribution in [0.1, 0.15) is 32.4 Å². The molecule has 0 aliphatic heterocycles. The van der Waals surface area contributed by atoms with Gasteiger partial charge in [0.15, 0.2) is 11.5 Å². The van der Waals surface area contributed by atoms with Crippen LogP contribution in [0.2, 0.25) is 5.02 Å². The summed E-state index contributed by atoms with van der Waals surface area (Å²) in [5, 5.41) is 4.16. The van der Waals surface area contributed by atoms with Crippen molar-refractivity contribution in [3.63, 3.8) is 0 Å². The van der Waals surface area contributed by atoms with Crippen molar-refractivity contribution in [2.75, 3.05) is 21.3 Å². The molecule has 0 spiro atoms. The highest BCUT2D eigenvalue weighted by molar-refractivity contribution is 6.30. The fourth-order valence-electron chi connectivity index (χ4n) is 4.59. The van der Waals surface area contributed by atoms with E-state index in [4.69, 9.17) is 25.8 Å². The number of pyridine rings is 1. The lowest BCUT2D eigenvalue weighted by molar-refractivity contribution is -0.124. The predicted octanol–water partition coefficient (Wildman–Crippen LogP) is 5.85. The van der Waals surface area contributed by atoms with Crippen molar-refractivity contribution in [2.24, 2.45) is 0 Å². The number of carbonyl (C=O) groups excluding carboxylic acids is 1. The van der Waals surface area contributed by atoms with Crippen LogP contribution in [-0.4, -0.2) is 37.3 Å². The van der Waals surface area contributed by atoms with E-state index in [0.29, 0.717) is 44.3 Å². The van der Waals surface area contributed by atoms with Gasteiger partial charge in [0.1, 0.15) is 6.04 Å². The van der Waals surface area contributed by atoms with Crippen molar-refractivity contribution < 1.29 is 19.0 Å². The van der Waals surface area contributed by atoms with Crippen LogP contribution in [0.25, 0.3) is 22.0 Å². The Kier molecular flexibility index (Phi) is 7.69. The van der Waals surface area contributed by atoms with Gasteiger partial charge < -0.3 is 19.5 Å². The molecular weight excluding hydrogens is 504 g/mol. The van der Waals surface area contributed by atoms with E-state index in [1.165, 1.54) is 32.0 Å². The van der Waals surface area contributed by atoms with Gasteiger partial charge in [0.2, 0.25) is 11.7 Å². The number of nitrogens with one attached hydrogen (secondary N) is 1. The standard InChI is InChI=1S/C30H31ClN2O5/c1-30(2,3)32-29(35)26(19-12-14-20(31)15-13-19)33-22-17-23(36-4)27(37-5)28(38-6)25(22)21(16-24(33)34)18-10-8-7-9-11-18/h7-17,26H,1-6H3,(H,32,35). The summed E-state index contributed by atoms with van der Waals surface area (Å²) < 4.78 is 18.6. The second-order valence-corrected chi connectivity index (χ2v) is 10.3. The molecule has 0 radical (unpaired) electrons. The zero-order valence-electron chi connectivity index (χ0n) is 22.3. The average molecular weight is 535 g/mol. The van der Waals surface area contributed by atoms with Gasteiger partial charge in [-0.3, -0.25) is 14.2 Å². The average Bonchev–Trinajstić information content (AvgIpc) is 2.89. The monoisotopic (exact) mass is 534 g/mol. The van der Waals surface area contributed by atoms with Crippen molar-refractivity contribution in [3.05, 3.63) is 87.7 Å². The molecule has 1 unspecified atom stereocenters. The van der Waals surface area contributed by atoms with Crippen LogP contribution >= 0.6 is 11.6 Å². The summed E-state index contributed by atoms with van der Waals surface area (Å²) in [5.74, 6) is 0.790. The maximum atomic E-state index is 14.0. The van der Waals surface area contributed by atoms with Gasteiger partial charge in [0.25, 0.3) is 5.56 Å². The van der Waals surface area contributed by atoms with Crippen molar-refractivity contribution in [1.82, 2.24) is 9.88 Å². The van der Waals surface area contributed by atoms with Crippen LogP contribution in [0, 0.1) is 0 Å². The molecule has 8 heteroatoms. The molecule has 0 aliphatic carbocycles. The Labute approximate surface area is 226 Å². The van der Waals surface area contributed by atoms with Crippen molar-refractivity contribution >= 4 is 28.4 Å². The van der Waals surface area contributed by atoms with E-state index < -0.39 is 11.6 Å². The van der Waals surface area contributed by atoms with Gasteiger partial charge >= 0.3 is 0 Å². The molecule has 0 saturated heterocycles. The van der Waals surface area contributed by atoms with E-state index in [1.54, 1.807) is 30.3 Å². The molecule has 1 heterocycles. The first-order valence-electron chi connectivity index (χ1n) is 12.1. The van der Waals surface area contributed by atoms with Gasteiger partial charge in [-0.15, -0.1) is 0 Å². The van der Waals surface area contributed by atoms with Crippen LogP contribution in [0.5, 0.6) is 17.2 Å². The van der Waals surface area contributed by atoms with Crippen LogP contribution in [0.3, 0.4) is 0 Å². The summed E-state index contributed by atoms with van der Waals surface area (Å²) in [7, 11) is 4.57. The minimum absolute atomic E-state index is 0.343. The molecule has 0 aliphatic rings. The molecule has 0 saturated carbocycles. The van der Waals surface area contributed by atoms with Gasteiger partial charge in [0, 0.05) is 28.3 Å². The SMILES string of the molecule is COc1cc2c(c(-c3ccccc3)cc(=O)n2C(C(=O)NC(C)(C)C)c2ccc(Cl)cc2)c(OC)c1OC. The minimum Gasteiger partial charge on any atom is -0.493 e. The maximum Gasteiger partial charge on any atom is 0.252 e. The molecule has 1 amide bonds. The lowest BCUT2D eigenvalue weighted by Gasteiger charge is -2.28. The molecule has 4 rings (SSSR count). The number of carbonyl (C=O) groups is 1. The third-order valence-corrected chi connectivity index (χ3v) is 6.37. The Hall–Kier alpha value is -3.97. The summed E-state index contributed by atoms with van der Waals surface area (Å²) in [6.07, 6.45) is 0. The number of nitrogens with zero attached hydrogens (tertiary/aromatic N) is 1. The van der Waals surface area contributed by atoms with Crippen LogP contribution in [0.15, 0.2) is 71.5 Å². The van der Waals surface area contributed by atoms with Gasteiger partial charge in [-0.2, -0.15) is 0 Å². The fourth-order valence-corrected chi connectivity index (χ4v) is 4.72. The third kappa shape index (κ3) is 5.20. The predicted molar refractivity (Wildman–Crippen MR) is 151 cm³/mol. The zero-order chi connectivity index (χ0) is 27.6. The topological polar surface area (TPSA) is 78.8 Å². The van der Waals surface area contributed by atoms with Crippen molar-refractivity contribution in [3.8, 4) is 28.4 Å². The second kappa shape index (κ2) is 10.8. The summed E-state index contributed by atoms with van der Waals surface area (Å²) in [4.78, 5) is 27.8. The normalized spacial score (nSPS) is 12.2. The lowest BCUT2D eigenvalue weighted by Crippen LogP contribution is -2.46. The quantitative estimate of drug-likeness (QED) is 0.322. The maximum absolute atomic E-state index is 14.0. The number of rotatable bonds is 7. The van der Waals surface area contributed by atoms with Gasteiger partial charge in [0.05, 0.1) is 32.2 Å². The molecule has 4 aromatic rings. The van der Waals surface area contributed by atoms with Crippen LogP contribution < -0.4 is 25.1 Å². The summed E-state index contributed by atoms with van der Waals surface area (Å²) in [5.41, 5.74) is 1.61. The number of benzene rings is 3. The molecule has 1 atom stereocenters. The van der Waals surface area contributed by atoms with E-state index in [2.05, 4.69) is 5.32 Å². The first kappa shape index (κ1) is 27.1. The minimum atomic E-state index is -1.01. The third-order valence-electron chi connectivity index (χ3n) is 6.12. The lowest BCUT2D eigenvalue weighted by atomic mass is 9.97. The van der Waals surface area contributed by atoms with Crippen molar-refractivity contribution in [1.29, 1.82) is 0 Å².